The van der Waals surface area contributed by atoms with Crippen molar-refractivity contribution in [1.29, 1.82) is 0 Å². The quantitative estimate of drug-likeness (QED) is 0.837. The van der Waals surface area contributed by atoms with Gasteiger partial charge in [-0.05, 0) is 25.9 Å². The number of nitrogens with zero attached hydrogens (tertiary/aromatic N) is 2. The predicted molar refractivity (Wildman–Crippen MR) is 83.2 cm³/mol. The predicted octanol–water partition coefficient (Wildman–Crippen LogP) is 1.59. The van der Waals surface area contributed by atoms with E-state index in [-0.39, 0.29) is 18.2 Å². The van der Waals surface area contributed by atoms with E-state index < -0.39 is 0 Å². The average Bonchev–Trinajstić information content (AvgIpc) is 2.86. The minimum Gasteiger partial charge on any atom is -0.356 e. The largest absolute Gasteiger partial charge is 0.356 e. The topological polar surface area (TPSA) is 74.3 Å². The molecule has 1 aromatic rings. The zero-order valence-corrected chi connectivity index (χ0v) is 13.2. The molecule has 0 atom stereocenters. The molecule has 0 aliphatic carbocycles. The first kappa shape index (κ1) is 15.9. The zero-order valence-electron chi connectivity index (χ0n) is 12.4. The lowest BCUT2D eigenvalue weighted by atomic mass is 10.1. The van der Waals surface area contributed by atoms with Crippen LogP contribution in [0, 0.1) is 0 Å². The molecule has 1 aromatic heterocycles. The number of hydrogen-bond acceptors (Lipinski definition) is 5. The molecule has 2 rings (SSSR count). The van der Waals surface area contributed by atoms with Crippen LogP contribution >= 0.6 is 11.3 Å². The van der Waals surface area contributed by atoms with E-state index in [4.69, 9.17) is 0 Å². The third-order valence-corrected chi connectivity index (χ3v) is 4.16. The second-order valence-electron chi connectivity index (χ2n) is 5.26. The van der Waals surface area contributed by atoms with Crippen molar-refractivity contribution in [2.24, 2.45) is 0 Å². The number of nitrogens with one attached hydrogen (secondary N) is 2. The molecule has 6 nitrogen and oxygen atoms in total. The summed E-state index contributed by atoms with van der Waals surface area (Å²) in [7, 11) is 0. The van der Waals surface area contributed by atoms with Gasteiger partial charge in [-0.2, -0.15) is 0 Å². The molecule has 0 bridgehead atoms. The zero-order chi connectivity index (χ0) is 15.1. The van der Waals surface area contributed by atoms with Gasteiger partial charge in [0.25, 0.3) is 0 Å². The van der Waals surface area contributed by atoms with E-state index in [1.54, 1.807) is 0 Å². The van der Waals surface area contributed by atoms with E-state index in [1.165, 1.54) is 37.5 Å². The maximum atomic E-state index is 11.7. The summed E-state index contributed by atoms with van der Waals surface area (Å²) in [5.74, 6) is -0.247. The summed E-state index contributed by atoms with van der Waals surface area (Å²) in [4.78, 5) is 29.3. The van der Waals surface area contributed by atoms with Crippen LogP contribution in [-0.4, -0.2) is 41.3 Å². The van der Waals surface area contributed by atoms with Crippen LogP contribution in [0.4, 0.5) is 5.13 Å². The Kier molecular flexibility index (Phi) is 6.13. The highest BCUT2D eigenvalue weighted by molar-refractivity contribution is 7.13. The summed E-state index contributed by atoms with van der Waals surface area (Å²) < 4.78 is 0. The van der Waals surface area contributed by atoms with Gasteiger partial charge in [0.2, 0.25) is 11.8 Å². The molecule has 0 aromatic carbocycles. The van der Waals surface area contributed by atoms with Gasteiger partial charge >= 0.3 is 0 Å². The molecule has 2 N–H and O–H groups in total. The third kappa shape index (κ3) is 5.81. The van der Waals surface area contributed by atoms with Gasteiger partial charge in [-0.1, -0.05) is 6.42 Å². The molecule has 116 valence electrons. The first-order chi connectivity index (χ1) is 10.1. The first-order valence-electron chi connectivity index (χ1n) is 7.34. The Balaban J connectivity index is 1.74. The van der Waals surface area contributed by atoms with E-state index in [1.807, 2.05) is 5.38 Å². The Bertz CT molecular complexity index is 483. The van der Waals surface area contributed by atoms with E-state index in [0.717, 1.165) is 25.3 Å². The molecule has 21 heavy (non-hydrogen) atoms. The van der Waals surface area contributed by atoms with Gasteiger partial charge in [0.05, 0.1) is 5.69 Å². The van der Waals surface area contributed by atoms with Gasteiger partial charge in [-0.25, -0.2) is 4.98 Å². The van der Waals surface area contributed by atoms with Crippen molar-refractivity contribution >= 4 is 28.3 Å². The molecular weight excluding hydrogens is 288 g/mol. The van der Waals surface area contributed by atoms with Crippen LogP contribution in [0.2, 0.25) is 0 Å². The lowest BCUT2D eigenvalue weighted by Crippen LogP contribution is -2.29. The minimum atomic E-state index is -0.124. The van der Waals surface area contributed by atoms with Crippen molar-refractivity contribution in [2.75, 3.05) is 25.0 Å². The van der Waals surface area contributed by atoms with Gasteiger partial charge in [0.15, 0.2) is 5.13 Å². The highest BCUT2D eigenvalue weighted by atomic mass is 32.1. The average molecular weight is 310 g/mol. The van der Waals surface area contributed by atoms with Gasteiger partial charge < -0.3 is 10.6 Å². The Morgan fingerprint density at radius 1 is 1.33 bits per heavy atom. The standard InChI is InChI=1S/C14H22N4O2S/c1-11(19)15-6-5-13(20)17-14-16-12(10-21-14)9-18-7-3-2-4-8-18/h10H,2-9H2,1H3,(H,15,19)(H,16,17,20). The number of rotatable bonds is 6. The van der Waals surface area contributed by atoms with Gasteiger partial charge in [0, 0.05) is 31.8 Å². The third-order valence-electron chi connectivity index (χ3n) is 3.36. The molecule has 1 fully saturated rings. The molecular formula is C14H22N4O2S. The van der Waals surface area contributed by atoms with Gasteiger partial charge in [0.1, 0.15) is 0 Å². The van der Waals surface area contributed by atoms with E-state index >= 15 is 0 Å². The molecule has 1 aliphatic heterocycles. The number of aromatic nitrogens is 1. The Morgan fingerprint density at radius 3 is 2.81 bits per heavy atom. The van der Waals surface area contributed by atoms with Crippen LogP contribution in [0.25, 0.3) is 0 Å². The van der Waals surface area contributed by atoms with Crippen molar-refractivity contribution in [3.8, 4) is 0 Å². The second-order valence-corrected chi connectivity index (χ2v) is 6.12. The first-order valence-corrected chi connectivity index (χ1v) is 8.22. The maximum absolute atomic E-state index is 11.7. The lowest BCUT2D eigenvalue weighted by molar-refractivity contribution is -0.119. The van der Waals surface area contributed by atoms with Crippen LogP contribution < -0.4 is 10.6 Å². The molecule has 0 radical (unpaired) electrons. The molecule has 0 saturated carbocycles. The molecule has 2 heterocycles. The smallest absolute Gasteiger partial charge is 0.227 e. The Morgan fingerprint density at radius 2 is 2.10 bits per heavy atom. The van der Waals surface area contributed by atoms with E-state index in [0.29, 0.717) is 11.7 Å². The minimum absolute atomic E-state index is 0.123. The number of hydrogen-bond donors (Lipinski definition) is 2. The summed E-state index contributed by atoms with van der Waals surface area (Å²) in [5, 5.41) is 8.00. The van der Waals surface area contributed by atoms with Crippen LogP contribution in [0.1, 0.15) is 38.3 Å². The highest BCUT2D eigenvalue weighted by Gasteiger charge is 2.13. The normalized spacial score (nSPS) is 15.7. The molecule has 7 heteroatoms. The van der Waals surface area contributed by atoms with E-state index in [2.05, 4.69) is 20.5 Å². The number of carbonyl (C=O) groups excluding carboxylic acids is 2. The fourth-order valence-electron chi connectivity index (χ4n) is 2.32. The summed E-state index contributed by atoms with van der Waals surface area (Å²) in [5.41, 5.74) is 1.01. The number of likely N-dealkylation sites (tertiary alicyclic amines) is 1. The highest BCUT2D eigenvalue weighted by Crippen LogP contribution is 2.18. The maximum Gasteiger partial charge on any atom is 0.227 e. The van der Waals surface area contributed by atoms with Crippen molar-refractivity contribution in [2.45, 2.75) is 39.2 Å². The SMILES string of the molecule is CC(=O)NCCC(=O)Nc1nc(CN2CCCCC2)cs1. The van der Waals surface area contributed by atoms with Crippen molar-refractivity contribution < 1.29 is 9.59 Å². The molecule has 1 saturated heterocycles. The summed E-state index contributed by atoms with van der Waals surface area (Å²) >= 11 is 1.45. The number of amides is 2. The van der Waals surface area contributed by atoms with Crippen LogP contribution in [0.3, 0.4) is 0 Å². The van der Waals surface area contributed by atoms with Crippen molar-refractivity contribution in [3.05, 3.63) is 11.1 Å². The lowest BCUT2D eigenvalue weighted by Gasteiger charge is -2.25. The van der Waals surface area contributed by atoms with Crippen LogP contribution in [0.5, 0.6) is 0 Å². The van der Waals surface area contributed by atoms with E-state index in [9.17, 15) is 9.59 Å². The summed E-state index contributed by atoms with van der Waals surface area (Å²) in [6.45, 7) is 4.92. The number of anilines is 1. The Labute approximate surface area is 128 Å². The molecule has 0 spiro atoms. The molecule has 1 aliphatic rings. The number of thiazole rings is 1. The summed E-state index contributed by atoms with van der Waals surface area (Å²) in [6, 6.07) is 0. The number of carbonyl (C=O) groups is 2. The number of piperidine rings is 1. The fraction of sp³-hybridized carbons (Fsp3) is 0.643. The monoisotopic (exact) mass is 310 g/mol. The van der Waals surface area contributed by atoms with Gasteiger partial charge in [-0.15, -0.1) is 11.3 Å². The van der Waals surface area contributed by atoms with Crippen LogP contribution in [0.15, 0.2) is 5.38 Å². The summed E-state index contributed by atoms with van der Waals surface area (Å²) in [6.07, 6.45) is 4.11. The molecule has 2 amide bonds. The van der Waals surface area contributed by atoms with Gasteiger partial charge in [-0.3, -0.25) is 14.5 Å². The second kappa shape index (κ2) is 8.09. The van der Waals surface area contributed by atoms with Crippen molar-refractivity contribution in [3.63, 3.8) is 0 Å². The van der Waals surface area contributed by atoms with Crippen molar-refractivity contribution in [1.82, 2.24) is 15.2 Å². The Hall–Kier alpha value is -1.47. The fourth-order valence-corrected chi connectivity index (χ4v) is 3.04. The van der Waals surface area contributed by atoms with Crippen LogP contribution in [-0.2, 0) is 16.1 Å². The molecule has 0 unspecified atom stereocenters.